The van der Waals surface area contributed by atoms with E-state index in [2.05, 4.69) is 0 Å². The highest BCUT2D eigenvalue weighted by Gasteiger charge is 2.35. The summed E-state index contributed by atoms with van der Waals surface area (Å²) in [5.41, 5.74) is 0.0878. The lowest BCUT2D eigenvalue weighted by atomic mass is 9.97. The molecule has 20 heavy (non-hydrogen) atoms. The van der Waals surface area contributed by atoms with Gasteiger partial charge < -0.3 is 4.74 Å². The van der Waals surface area contributed by atoms with Crippen LogP contribution in [0.3, 0.4) is 0 Å². The first kappa shape index (κ1) is 15.2. The van der Waals surface area contributed by atoms with Crippen molar-refractivity contribution in [3.63, 3.8) is 0 Å². The Morgan fingerprint density at radius 1 is 1.15 bits per heavy atom. The first-order valence-corrected chi connectivity index (χ1v) is 7.37. The van der Waals surface area contributed by atoms with Gasteiger partial charge in [0.15, 0.2) is 0 Å². The average Bonchev–Trinajstić information content (AvgIpc) is 2.41. The number of hydrogen-bond acceptors (Lipinski definition) is 1. The summed E-state index contributed by atoms with van der Waals surface area (Å²) in [6, 6.07) is 4.47. The Morgan fingerprint density at radius 2 is 1.85 bits per heavy atom. The minimum absolute atomic E-state index is 0.00995. The summed E-state index contributed by atoms with van der Waals surface area (Å²) in [6.45, 7) is 1.96. The zero-order valence-electron chi connectivity index (χ0n) is 11.8. The molecule has 0 aliphatic heterocycles. The topological polar surface area (TPSA) is 9.23 Å². The molecule has 0 radical (unpaired) electrons. The fraction of sp³-hybridized carbons (Fsp3) is 0.625. The summed E-state index contributed by atoms with van der Waals surface area (Å²) in [4.78, 5) is 0. The molecule has 0 bridgehead atoms. The van der Waals surface area contributed by atoms with Crippen molar-refractivity contribution in [3.8, 4) is 5.75 Å². The van der Waals surface area contributed by atoms with Gasteiger partial charge in [0, 0.05) is 0 Å². The van der Waals surface area contributed by atoms with E-state index in [4.69, 9.17) is 4.74 Å². The molecule has 112 valence electrons. The van der Waals surface area contributed by atoms with Crippen molar-refractivity contribution in [3.05, 3.63) is 29.3 Å². The van der Waals surface area contributed by atoms with Gasteiger partial charge in [0.2, 0.25) is 0 Å². The standard InChI is InChI=1S/C16H21F3O/c1-2-6-12-9-10-15(14(11-12)16(17,18)19)20-13-7-4-3-5-8-13/h9-11,13H,2-8H2,1H3. The van der Waals surface area contributed by atoms with Crippen LogP contribution in [-0.4, -0.2) is 6.10 Å². The average molecular weight is 286 g/mol. The highest BCUT2D eigenvalue weighted by atomic mass is 19.4. The molecule has 0 unspecified atom stereocenters. The second-order valence-electron chi connectivity index (χ2n) is 5.46. The van der Waals surface area contributed by atoms with Crippen LogP contribution >= 0.6 is 0 Å². The summed E-state index contributed by atoms with van der Waals surface area (Å²) >= 11 is 0. The first-order chi connectivity index (χ1) is 9.50. The third-order valence-corrected chi connectivity index (χ3v) is 3.73. The van der Waals surface area contributed by atoms with E-state index >= 15 is 0 Å². The molecule has 1 aromatic rings. The van der Waals surface area contributed by atoms with Crippen LogP contribution in [0.25, 0.3) is 0 Å². The monoisotopic (exact) mass is 286 g/mol. The molecular formula is C16H21F3O. The smallest absolute Gasteiger partial charge is 0.419 e. The van der Waals surface area contributed by atoms with Gasteiger partial charge in [-0.1, -0.05) is 25.8 Å². The van der Waals surface area contributed by atoms with Gasteiger partial charge in [0.05, 0.1) is 11.7 Å². The molecule has 0 spiro atoms. The lowest BCUT2D eigenvalue weighted by molar-refractivity contribution is -0.139. The van der Waals surface area contributed by atoms with Gasteiger partial charge in [-0.15, -0.1) is 0 Å². The SMILES string of the molecule is CCCc1ccc(OC2CCCCC2)c(C(F)(F)F)c1. The summed E-state index contributed by atoms with van der Waals surface area (Å²) in [7, 11) is 0. The van der Waals surface area contributed by atoms with E-state index in [0.29, 0.717) is 6.42 Å². The predicted molar refractivity (Wildman–Crippen MR) is 72.9 cm³/mol. The van der Waals surface area contributed by atoms with Crippen LogP contribution in [0.15, 0.2) is 18.2 Å². The predicted octanol–water partition coefficient (Wildman–Crippen LogP) is 5.37. The maximum atomic E-state index is 13.1. The highest BCUT2D eigenvalue weighted by molar-refractivity contribution is 5.39. The van der Waals surface area contributed by atoms with E-state index in [1.807, 2.05) is 6.92 Å². The normalized spacial score (nSPS) is 17.2. The van der Waals surface area contributed by atoms with Crippen molar-refractivity contribution < 1.29 is 17.9 Å². The van der Waals surface area contributed by atoms with Crippen LogP contribution in [0.4, 0.5) is 13.2 Å². The Kier molecular flexibility index (Phi) is 4.95. The maximum absolute atomic E-state index is 13.1. The minimum atomic E-state index is -4.35. The van der Waals surface area contributed by atoms with Crippen molar-refractivity contribution in [1.82, 2.24) is 0 Å². The largest absolute Gasteiger partial charge is 0.490 e. The molecule has 1 saturated carbocycles. The molecule has 1 aliphatic rings. The molecule has 4 heteroatoms. The number of rotatable bonds is 4. The molecule has 0 aromatic heterocycles. The maximum Gasteiger partial charge on any atom is 0.419 e. The van der Waals surface area contributed by atoms with Gasteiger partial charge in [0.1, 0.15) is 5.75 Å². The van der Waals surface area contributed by atoms with Crippen LogP contribution < -0.4 is 4.74 Å². The van der Waals surface area contributed by atoms with E-state index in [1.54, 1.807) is 6.07 Å². The molecule has 1 aromatic carbocycles. The molecule has 2 rings (SSSR count). The number of ether oxygens (including phenoxy) is 1. The van der Waals surface area contributed by atoms with E-state index in [9.17, 15) is 13.2 Å². The summed E-state index contributed by atoms with van der Waals surface area (Å²) < 4.78 is 45.1. The van der Waals surface area contributed by atoms with Gasteiger partial charge in [0.25, 0.3) is 0 Å². The molecule has 1 aliphatic carbocycles. The minimum Gasteiger partial charge on any atom is -0.490 e. The van der Waals surface area contributed by atoms with E-state index in [1.165, 1.54) is 12.1 Å². The Morgan fingerprint density at radius 3 is 2.45 bits per heavy atom. The van der Waals surface area contributed by atoms with E-state index in [-0.39, 0.29) is 11.9 Å². The van der Waals surface area contributed by atoms with Gasteiger partial charge in [-0.05, 0) is 49.8 Å². The number of halogens is 3. The van der Waals surface area contributed by atoms with Crippen LogP contribution in [0.2, 0.25) is 0 Å². The Balaban J connectivity index is 2.21. The highest BCUT2D eigenvalue weighted by Crippen LogP contribution is 2.38. The molecule has 0 heterocycles. The van der Waals surface area contributed by atoms with Crippen molar-refractivity contribution in [2.45, 2.75) is 64.1 Å². The molecule has 0 N–H and O–H groups in total. The fourth-order valence-electron chi connectivity index (χ4n) is 2.71. The lowest BCUT2D eigenvalue weighted by Crippen LogP contribution is -2.21. The molecule has 0 atom stereocenters. The van der Waals surface area contributed by atoms with Crippen LogP contribution in [-0.2, 0) is 12.6 Å². The third-order valence-electron chi connectivity index (χ3n) is 3.73. The quantitative estimate of drug-likeness (QED) is 0.723. The van der Waals surface area contributed by atoms with Crippen molar-refractivity contribution in [2.24, 2.45) is 0 Å². The lowest BCUT2D eigenvalue weighted by Gasteiger charge is -2.25. The van der Waals surface area contributed by atoms with Crippen LogP contribution in [0, 0.1) is 0 Å². The fourth-order valence-corrected chi connectivity index (χ4v) is 2.71. The zero-order valence-corrected chi connectivity index (χ0v) is 11.8. The van der Waals surface area contributed by atoms with Crippen LogP contribution in [0.1, 0.15) is 56.6 Å². The molecular weight excluding hydrogens is 265 g/mol. The van der Waals surface area contributed by atoms with E-state index in [0.717, 1.165) is 44.1 Å². The molecule has 1 nitrogen and oxygen atoms in total. The Bertz CT molecular complexity index is 434. The van der Waals surface area contributed by atoms with E-state index < -0.39 is 11.7 Å². The zero-order chi connectivity index (χ0) is 14.6. The first-order valence-electron chi connectivity index (χ1n) is 7.37. The summed E-state index contributed by atoms with van der Waals surface area (Å²) in [6.07, 6.45) is 2.02. The third kappa shape index (κ3) is 3.90. The Hall–Kier alpha value is -1.19. The summed E-state index contributed by atoms with van der Waals surface area (Å²) in [5, 5.41) is 0. The van der Waals surface area contributed by atoms with Gasteiger partial charge in [-0.2, -0.15) is 13.2 Å². The van der Waals surface area contributed by atoms with Crippen molar-refractivity contribution in [2.75, 3.05) is 0 Å². The van der Waals surface area contributed by atoms with Crippen molar-refractivity contribution in [1.29, 1.82) is 0 Å². The van der Waals surface area contributed by atoms with Gasteiger partial charge >= 0.3 is 6.18 Å². The number of hydrogen-bond donors (Lipinski definition) is 0. The molecule has 1 fully saturated rings. The second kappa shape index (κ2) is 6.51. The number of benzene rings is 1. The number of alkyl halides is 3. The Labute approximate surface area is 118 Å². The second-order valence-corrected chi connectivity index (χ2v) is 5.46. The number of aryl methyl sites for hydroxylation is 1. The van der Waals surface area contributed by atoms with Gasteiger partial charge in [-0.3, -0.25) is 0 Å². The van der Waals surface area contributed by atoms with Crippen LogP contribution in [0.5, 0.6) is 5.75 Å². The summed E-state index contributed by atoms with van der Waals surface area (Å²) in [5.74, 6) is -0.00995. The molecule has 0 saturated heterocycles. The van der Waals surface area contributed by atoms with Gasteiger partial charge in [-0.25, -0.2) is 0 Å². The van der Waals surface area contributed by atoms with Crippen molar-refractivity contribution >= 4 is 0 Å². The molecule has 0 amide bonds.